The van der Waals surface area contributed by atoms with Crippen LogP contribution in [-0.4, -0.2) is 50.8 Å². The molecule has 0 aromatic heterocycles. The third-order valence-corrected chi connectivity index (χ3v) is 6.77. The van der Waals surface area contributed by atoms with Gasteiger partial charge in [-0.1, -0.05) is 51.2 Å². The first-order chi connectivity index (χ1) is 13.5. The zero-order valence-corrected chi connectivity index (χ0v) is 18.0. The predicted octanol–water partition coefficient (Wildman–Crippen LogP) is 4.21. The molecule has 1 fully saturated rings. The van der Waals surface area contributed by atoms with Crippen LogP contribution in [0.25, 0.3) is 0 Å². The number of aliphatic carboxylic acids is 1. The number of carbonyl (C=O) groups excluding carboxylic acids is 1. The highest BCUT2D eigenvalue weighted by atomic mass is 32.2. The third kappa shape index (κ3) is 10.1. The summed E-state index contributed by atoms with van der Waals surface area (Å²) in [6.07, 6.45) is 12.5. The van der Waals surface area contributed by atoms with Crippen molar-refractivity contribution in [3.63, 3.8) is 0 Å². The summed E-state index contributed by atoms with van der Waals surface area (Å²) in [4.78, 5) is 23.1. The average molecular weight is 415 g/mol. The van der Waals surface area contributed by atoms with Crippen LogP contribution in [0, 0.1) is 11.8 Å². The minimum absolute atomic E-state index is 0.0136. The van der Waals surface area contributed by atoms with Crippen LogP contribution in [0.15, 0.2) is 12.2 Å². The molecule has 1 saturated carbocycles. The summed E-state index contributed by atoms with van der Waals surface area (Å²) >= 11 is 1.67. The van der Waals surface area contributed by atoms with Gasteiger partial charge in [-0.2, -0.15) is 11.8 Å². The molecule has 3 N–H and O–H groups in total. The van der Waals surface area contributed by atoms with Gasteiger partial charge in [0, 0.05) is 29.8 Å². The van der Waals surface area contributed by atoms with E-state index in [-0.39, 0.29) is 36.2 Å². The molecule has 0 amide bonds. The Balaban J connectivity index is 2.54. The van der Waals surface area contributed by atoms with Crippen molar-refractivity contribution in [2.24, 2.45) is 11.8 Å². The molecule has 1 aliphatic rings. The molecule has 162 valence electrons. The van der Waals surface area contributed by atoms with Gasteiger partial charge < -0.3 is 15.3 Å². The Kier molecular flexibility index (Phi) is 13.5. The van der Waals surface area contributed by atoms with Crippen molar-refractivity contribution in [3.8, 4) is 0 Å². The number of allylic oxidation sites excluding steroid dienone is 1. The predicted molar refractivity (Wildman–Crippen MR) is 115 cm³/mol. The molecular weight excluding hydrogens is 376 g/mol. The Morgan fingerprint density at radius 3 is 2.68 bits per heavy atom. The Morgan fingerprint density at radius 2 is 2.00 bits per heavy atom. The second kappa shape index (κ2) is 15.1. The number of aliphatic hydroxyl groups excluding tert-OH is 2. The molecule has 0 spiro atoms. The van der Waals surface area contributed by atoms with Crippen molar-refractivity contribution < 1.29 is 24.9 Å². The van der Waals surface area contributed by atoms with Crippen molar-refractivity contribution in [1.29, 1.82) is 0 Å². The number of unbranched alkanes of at least 4 members (excludes halogenated alkanes) is 4. The van der Waals surface area contributed by atoms with Crippen molar-refractivity contribution in [3.05, 3.63) is 12.2 Å². The summed E-state index contributed by atoms with van der Waals surface area (Å²) in [6.45, 7) is 2.23. The molecule has 4 atom stereocenters. The van der Waals surface area contributed by atoms with Gasteiger partial charge in [0.1, 0.15) is 5.78 Å². The number of hydrogen-bond donors (Lipinski definition) is 3. The molecule has 6 heteroatoms. The number of ketones is 1. The van der Waals surface area contributed by atoms with Crippen molar-refractivity contribution in [2.75, 3.05) is 12.4 Å². The fraction of sp³-hybridized carbons (Fsp3) is 0.818. The van der Waals surface area contributed by atoms with E-state index >= 15 is 0 Å². The van der Waals surface area contributed by atoms with Crippen LogP contribution in [0.3, 0.4) is 0 Å². The quantitative estimate of drug-likeness (QED) is 0.259. The first-order valence-corrected chi connectivity index (χ1v) is 11.9. The van der Waals surface area contributed by atoms with Crippen molar-refractivity contribution >= 4 is 23.5 Å². The van der Waals surface area contributed by atoms with Gasteiger partial charge in [-0.15, -0.1) is 0 Å². The summed E-state index contributed by atoms with van der Waals surface area (Å²) in [6, 6.07) is 0. The normalized spacial score (nSPS) is 23.5. The zero-order chi connectivity index (χ0) is 20.8. The molecule has 28 heavy (non-hydrogen) atoms. The number of thioether (sulfide) groups is 1. The number of hydrogen-bond acceptors (Lipinski definition) is 5. The van der Waals surface area contributed by atoms with Crippen LogP contribution >= 0.6 is 11.8 Å². The molecule has 0 saturated heterocycles. The smallest absolute Gasteiger partial charge is 0.303 e. The first kappa shape index (κ1) is 25.2. The first-order valence-electron chi connectivity index (χ1n) is 10.8. The van der Waals surface area contributed by atoms with E-state index in [1.54, 1.807) is 11.8 Å². The number of carboxylic acid groups (broad SMARTS) is 1. The molecule has 0 bridgehead atoms. The minimum Gasteiger partial charge on any atom is -0.481 e. The second-order valence-corrected chi connectivity index (χ2v) is 9.14. The van der Waals surface area contributed by atoms with Crippen LogP contribution in [0.4, 0.5) is 0 Å². The van der Waals surface area contributed by atoms with Gasteiger partial charge in [-0.05, 0) is 31.6 Å². The summed E-state index contributed by atoms with van der Waals surface area (Å²) in [7, 11) is 0. The third-order valence-electron chi connectivity index (χ3n) is 5.45. The molecule has 0 aromatic carbocycles. The molecular formula is C22H38O5S. The summed E-state index contributed by atoms with van der Waals surface area (Å²) < 4.78 is 0. The monoisotopic (exact) mass is 414 g/mol. The van der Waals surface area contributed by atoms with Crippen LogP contribution in [0.5, 0.6) is 0 Å². The van der Waals surface area contributed by atoms with Gasteiger partial charge in [0.25, 0.3) is 0 Å². The maximum Gasteiger partial charge on any atom is 0.303 e. The highest BCUT2D eigenvalue weighted by Crippen LogP contribution is 2.40. The number of rotatable bonds is 16. The van der Waals surface area contributed by atoms with Gasteiger partial charge in [0.15, 0.2) is 0 Å². The van der Waals surface area contributed by atoms with E-state index in [0.717, 1.165) is 44.9 Å². The number of carbonyl (C=O) groups is 2. The van der Waals surface area contributed by atoms with E-state index in [2.05, 4.69) is 13.0 Å². The maximum atomic E-state index is 12.6. The molecule has 1 rings (SSSR count). The van der Waals surface area contributed by atoms with Crippen molar-refractivity contribution in [2.45, 2.75) is 88.9 Å². The molecule has 0 aliphatic heterocycles. The lowest BCUT2D eigenvalue weighted by Crippen LogP contribution is -2.18. The molecule has 0 heterocycles. The van der Waals surface area contributed by atoms with E-state index in [9.17, 15) is 14.7 Å². The van der Waals surface area contributed by atoms with E-state index < -0.39 is 5.97 Å². The van der Waals surface area contributed by atoms with Gasteiger partial charge in [-0.3, -0.25) is 9.59 Å². The SMILES string of the molecule is CCCC[C@@H](O)CC=C[C@H]1[C@H](SCCO)CC(=O)[C@@H]1CCCCCCC(=O)O. The Labute approximate surface area is 174 Å². The molecule has 0 aromatic rings. The lowest BCUT2D eigenvalue weighted by molar-refractivity contribution is -0.137. The van der Waals surface area contributed by atoms with Crippen molar-refractivity contribution in [1.82, 2.24) is 0 Å². The van der Waals surface area contributed by atoms with E-state index in [1.165, 1.54) is 0 Å². The minimum atomic E-state index is -0.749. The van der Waals surface area contributed by atoms with E-state index in [1.807, 2.05) is 6.08 Å². The lowest BCUT2D eigenvalue weighted by Gasteiger charge is -2.20. The molecule has 0 unspecified atom stereocenters. The van der Waals surface area contributed by atoms with Gasteiger partial charge in [-0.25, -0.2) is 0 Å². The maximum absolute atomic E-state index is 12.6. The highest BCUT2D eigenvalue weighted by Gasteiger charge is 2.40. The summed E-state index contributed by atoms with van der Waals surface area (Å²) in [5.74, 6) is 0.382. The average Bonchev–Trinajstić information content (AvgIpc) is 2.95. The second-order valence-electron chi connectivity index (χ2n) is 7.79. The molecule has 0 radical (unpaired) electrons. The topological polar surface area (TPSA) is 94.8 Å². The number of carboxylic acids is 1. The Morgan fingerprint density at radius 1 is 1.25 bits per heavy atom. The number of Topliss-reactive ketones (excluding diaryl/α,β-unsaturated/α-hetero) is 1. The van der Waals surface area contributed by atoms with Crippen LogP contribution in [0.2, 0.25) is 0 Å². The van der Waals surface area contributed by atoms with Gasteiger partial charge in [0.05, 0.1) is 12.7 Å². The van der Waals surface area contributed by atoms with Gasteiger partial charge in [0.2, 0.25) is 0 Å². The Hall–Kier alpha value is -0.850. The van der Waals surface area contributed by atoms with E-state index in [0.29, 0.717) is 30.8 Å². The summed E-state index contributed by atoms with van der Waals surface area (Å²) in [5, 5.41) is 28.1. The zero-order valence-electron chi connectivity index (χ0n) is 17.2. The fourth-order valence-corrected chi connectivity index (χ4v) is 5.08. The number of aliphatic hydroxyl groups is 2. The van der Waals surface area contributed by atoms with Crippen LogP contribution in [-0.2, 0) is 9.59 Å². The fourth-order valence-electron chi connectivity index (χ4n) is 3.89. The molecule has 1 aliphatic carbocycles. The van der Waals surface area contributed by atoms with E-state index in [4.69, 9.17) is 10.2 Å². The largest absolute Gasteiger partial charge is 0.481 e. The molecule has 5 nitrogen and oxygen atoms in total. The van der Waals surface area contributed by atoms with Crippen LogP contribution in [0.1, 0.15) is 77.6 Å². The Bertz CT molecular complexity index is 480. The van der Waals surface area contributed by atoms with Crippen LogP contribution < -0.4 is 0 Å². The highest BCUT2D eigenvalue weighted by molar-refractivity contribution is 8.00. The van der Waals surface area contributed by atoms with Gasteiger partial charge >= 0.3 is 5.97 Å². The lowest BCUT2D eigenvalue weighted by atomic mass is 9.89. The standard InChI is InChI=1S/C22H38O5S/c1-2-3-9-17(24)10-8-12-19-18(11-6-4-5-7-13-22(26)27)20(25)16-21(19)28-15-14-23/h8,12,17-19,21,23-24H,2-7,9-11,13-16H2,1H3,(H,26,27)/t17-,18-,19-,21-/m1/s1. The summed E-state index contributed by atoms with van der Waals surface area (Å²) in [5.41, 5.74) is 0.